The van der Waals surface area contributed by atoms with Crippen LogP contribution in [0.2, 0.25) is 0 Å². The average Bonchev–Trinajstić information content (AvgIpc) is 2.63. The largest absolute Gasteiger partial charge is 0.508 e. The fourth-order valence-corrected chi connectivity index (χ4v) is 2.19. The molecular weight excluding hydrogens is 318 g/mol. The van der Waals surface area contributed by atoms with Crippen molar-refractivity contribution in [1.29, 1.82) is 0 Å². The molecule has 0 aliphatic carbocycles. The molecule has 0 aliphatic rings. The summed E-state index contributed by atoms with van der Waals surface area (Å²) in [7, 11) is 1.76. The van der Waals surface area contributed by atoms with Crippen LogP contribution in [0.15, 0.2) is 29.3 Å². The fraction of sp³-hybridized carbons (Fsp3) is 0.632. The number of unbranched alkanes of at least 4 members (excludes halogenated alkanes) is 1. The topological polar surface area (TPSA) is 75.1 Å². The summed E-state index contributed by atoms with van der Waals surface area (Å²) in [6.07, 6.45) is 4.23. The van der Waals surface area contributed by atoms with Crippen LogP contribution in [0.1, 0.15) is 31.7 Å². The first kappa shape index (κ1) is 21.3. The molecule has 0 aromatic heterocycles. The van der Waals surface area contributed by atoms with Crippen molar-refractivity contribution in [2.75, 3.05) is 46.6 Å². The van der Waals surface area contributed by atoms with Gasteiger partial charge >= 0.3 is 0 Å². The SMILES string of the molecule is CCCCOCCOCCNC(=NC)NCCCc1ccc(O)cc1. The lowest BCUT2D eigenvalue weighted by Gasteiger charge is -2.12. The minimum absolute atomic E-state index is 0.307. The Hall–Kier alpha value is -1.79. The van der Waals surface area contributed by atoms with E-state index in [4.69, 9.17) is 9.47 Å². The number of aliphatic imine (C=N–C) groups is 1. The predicted molar refractivity (Wildman–Crippen MR) is 102 cm³/mol. The van der Waals surface area contributed by atoms with Gasteiger partial charge in [0.25, 0.3) is 0 Å². The van der Waals surface area contributed by atoms with Gasteiger partial charge in [-0.05, 0) is 37.0 Å². The van der Waals surface area contributed by atoms with Crippen molar-refractivity contribution in [3.05, 3.63) is 29.8 Å². The number of nitrogens with zero attached hydrogens (tertiary/aromatic N) is 1. The molecule has 0 heterocycles. The summed E-state index contributed by atoms with van der Waals surface area (Å²) < 4.78 is 10.9. The molecule has 0 bridgehead atoms. The first-order valence-electron chi connectivity index (χ1n) is 9.14. The Bertz CT molecular complexity index is 463. The van der Waals surface area contributed by atoms with E-state index >= 15 is 0 Å². The summed E-state index contributed by atoms with van der Waals surface area (Å²) in [6.45, 7) is 6.44. The van der Waals surface area contributed by atoms with Gasteiger partial charge in [-0.2, -0.15) is 0 Å². The molecule has 1 aromatic rings. The molecule has 0 aliphatic heterocycles. The van der Waals surface area contributed by atoms with Crippen LogP contribution >= 0.6 is 0 Å². The van der Waals surface area contributed by atoms with E-state index in [1.165, 1.54) is 5.56 Å². The zero-order valence-electron chi connectivity index (χ0n) is 15.6. The number of hydrogen-bond acceptors (Lipinski definition) is 4. The second-order valence-electron chi connectivity index (χ2n) is 5.77. The molecule has 25 heavy (non-hydrogen) atoms. The Morgan fingerprint density at radius 2 is 1.64 bits per heavy atom. The highest BCUT2D eigenvalue weighted by atomic mass is 16.5. The van der Waals surface area contributed by atoms with Crippen molar-refractivity contribution in [1.82, 2.24) is 10.6 Å². The van der Waals surface area contributed by atoms with Crippen LogP contribution in [0.3, 0.4) is 0 Å². The van der Waals surface area contributed by atoms with E-state index in [1.807, 2.05) is 12.1 Å². The lowest BCUT2D eigenvalue weighted by molar-refractivity contribution is 0.0487. The van der Waals surface area contributed by atoms with Gasteiger partial charge in [0.15, 0.2) is 5.96 Å². The number of aromatic hydroxyl groups is 1. The first-order valence-corrected chi connectivity index (χ1v) is 9.14. The minimum atomic E-state index is 0.307. The number of benzene rings is 1. The van der Waals surface area contributed by atoms with Crippen molar-refractivity contribution in [3.63, 3.8) is 0 Å². The molecule has 0 saturated carbocycles. The molecule has 1 aromatic carbocycles. The number of aryl methyl sites for hydroxylation is 1. The van der Waals surface area contributed by atoms with Crippen molar-refractivity contribution >= 4 is 5.96 Å². The van der Waals surface area contributed by atoms with Crippen LogP contribution in [-0.4, -0.2) is 57.6 Å². The quantitative estimate of drug-likeness (QED) is 0.289. The van der Waals surface area contributed by atoms with E-state index in [-0.39, 0.29) is 0 Å². The summed E-state index contributed by atoms with van der Waals surface area (Å²) in [5, 5.41) is 15.8. The van der Waals surface area contributed by atoms with E-state index in [1.54, 1.807) is 19.2 Å². The van der Waals surface area contributed by atoms with Crippen LogP contribution in [0.4, 0.5) is 0 Å². The van der Waals surface area contributed by atoms with Crippen molar-refractivity contribution in [2.45, 2.75) is 32.6 Å². The minimum Gasteiger partial charge on any atom is -0.508 e. The average molecular weight is 351 g/mol. The molecule has 0 amide bonds. The van der Waals surface area contributed by atoms with Gasteiger partial charge in [-0.25, -0.2) is 0 Å². The van der Waals surface area contributed by atoms with Gasteiger partial charge < -0.3 is 25.2 Å². The molecule has 0 atom stereocenters. The standard InChI is InChI=1S/C19H33N3O3/c1-3-4-13-24-15-16-25-14-12-22-19(20-2)21-11-5-6-17-7-9-18(23)10-8-17/h7-10,23H,3-6,11-16H2,1-2H3,(H2,20,21,22). The summed E-state index contributed by atoms with van der Waals surface area (Å²) >= 11 is 0. The Morgan fingerprint density at radius 1 is 0.960 bits per heavy atom. The van der Waals surface area contributed by atoms with Crippen LogP contribution in [-0.2, 0) is 15.9 Å². The maximum Gasteiger partial charge on any atom is 0.191 e. The van der Waals surface area contributed by atoms with Gasteiger partial charge in [0, 0.05) is 26.7 Å². The molecule has 0 radical (unpaired) electrons. The smallest absolute Gasteiger partial charge is 0.191 e. The zero-order chi connectivity index (χ0) is 18.2. The lowest BCUT2D eigenvalue weighted by atomic mass is 10.1. The number of phenolic OH excluding ortho intramolecular Hbond substituents is 1. The van der Waals surface area contributed by atoms with Crippen LogP contribution in [0.5, 0.6) is 5.75 Å². The first-order chi connectivity index (χ1) is 12.3. The maximum absolute atomic E-state index is 9.26. The summed E-state index contributed by atoms with van der Waals surface area (Å²) in [5.74, 6) is 1.09. The number of hydrogen-bond donors (Lipinski definition) is 3. The summed E-state index contributed by atoms with van der Waals surface area (Å²) in [4.78, 5) is 4.19. The van der Waals surface area contributed by atoms with E-state index in [0.29, 0.717) is 32.1 Å². The molecule has 0 fully saturated rings. The van der Waals surface area contributed by atoms with E-state index < -0.39 is 0 Å². The van der Waals surface area contributed by atoms with Crippen molar-refractivity contribution < 1.29 is 14.6 Å². The highest BCUT2D eigenvalue weighted by Gasteiger charge is 1.98. The lowest BCUT2D eigenvalue weighted by Crippen LogP contribution is -2.39. The third-order valence-corrected chi connectivity index (χ3v) is 3.65. The highest BCUT2D eigenvalue weighted by Crippen LogP contribution is 2.10. The van der Waals surface area contributed by atoms with Crippen molar-refractivity contribution in [3.8, 4) is 5.75 Å². The van der Waals surface area contributed by atoms with Gasteiger partial charge in [0.05, 0.1) is 19.8 Å². The van der Waals surface area contributed by atoms with E-state index in [9.17, 15) is 5.11 Å². The number of rotatable bonds is 13. The van der Waals surface area contributed by atoms with Crippen LogP contribution in [0.25, 0.3) is 0 Å². The summed E-state index contributed by atoms with van der Waals surface area (Å²) in [6, 6.07) is 7.34. The molecule has 6 heteroatoms. The molecule has 0 spiro atoms. The molecule has 1 rings (SSSR count). The van der Waals surface area contributed by atoms with E-state index in [0.717, 1.165) is 44.8 Å². The Morgan fingerprint density at radius 3 is 2.32 bits per heavy atom. The maximum atomic E-state index is 9.26. The second kappa shape index (κ2) is 14.5. The number of nitrogens with one attached hydrogen (secondary N) is 2. The molecule has 0 saturated heterocycles. The van der Waals surface area contributed by atoms with Gasteiger partial charge in [-0.3, -0.25) is 4.99 Å². The van der Waals surface area contributed by atoms with Crippen molar-refractivity contribution in [2.24, 2.45) is 4.99 Å². The van der Waals surface area contributed by atoms with Crippen LogP contribution in [0, 0.1) is 0 Å². The molecular formula is C19H33N3O3. The molecule has 142 valence electrons. The Labute approximate surface area is 151 Å². The Kier molecular flexibility index (Phi) is 12.4. The number of ether oxygens (including phenoxy) is 2. The predicted octanol–water partition coefficient (Wildman–Crippen LogP) is 2.32. The van der Waals surface area contributed by atoms with Gasteiger partial charge in [0.1, 0.15) is 5.75 Å². The van der Waals surface area contributed by atoms with Gasteiger partial charge in [-0.1, -0.05) is 25.5 Å². The zero-order valence-corrected chi connectivity index (χ0v) is 15.6. The van der Waals surface area contributed by atoms with Gasteiger partial charge in [-0.15, -0.1) is 0 Å². The second-order valence-corrected chi connectivity index (χ2v) is 5.77. The van der Waals surface area contributed by atoms with Crippen LogP contribution < -0.4 is 10.6 Å². The Balaban J connectivity index is 1.98. The number of phenols is 1. The number of guanidine groups is 1. The normalized spacial score (nSPS) is 11.5. The highest BCUT2D eigenvalue weighted by molar-refractivity contribution is 5.79. The van der Waals surface area contributed by atoms with Gasteiger partial charge in [0.2, 0.25) is 0 Å². The molecule has 3 N–H and O–H groups in total. The van der Waals surface area contributed by atoms with E-state index in [2.05, 4.69) is 22.5 Å². The molecule has 0 unspecified atom stereocenters. The third kappa shape index (κ3) is 11.4. The fourth-order valence-electron chi connectivity index (χ4n) is 2.19. The summed E-state index contributed by atoms with van der Waals surface area (Å²) in [5.41, 5.74) is 1.22. The monoisotopic (exact) mass is 351 g/mol. The molecule has 6 nitrogen and oxygen atoms in total. The third-order valence-electron chi connectivity index (χ3n) is 3.65.